The summed E-state index contributed by atoms with van der Waals surface area (Å²) >= 11 is 0. The van der Waals surface area contributed by atoms with E-state index < -0.39 is 17.5 Å². The average Bonchev–Trinajstić information content (AvgIpc) is 2.43. The molecule has 0 bridgehead atoms. The van der Waals surface area contributed by atoms with Crippen LogP contribution in [0, 0.1) is 23.0 Å². The van der Waals surface area contributed by atoms with Crippen molar-refractivity contribution in [1.29, 1.82) is 5.26 Å². The largest absolute Gasteiger partial charge is 0.383 e. The number of benzene rings is 1. The molecule has 0 N–H and O–H groups in total. The highest BCUT2D eigenvalue weighted by atomic mass is 19.1. The molecule has 0 aliphatic heterocycles. The Balaban J connectivity index is 2.77. The van der Waals surface area contributed by atoms with Crippen molar-refractivity contribution in [1.82, 2.24) is 4.90 Å². The van der Waals surface area contributed by atoms with Crippen LogP contribution in [0.2, 0.25) is 0 Å². The summed E-state index contributed by atoms with van der Waals surface area (Å²) in [6, 6.07) is 5.40. The van der Waals surface area contributed by atoms with E-state index in [0.717, 1.165) is 12.1 Å². The molecule has 1 amide bonds. The average molecular weight is 282 g/mol. The van der Waals surface area contributed by atoms with Gasteiger partial charge in [0, 0.05) is 25.8 Å². The van der Waals surface area contributed by atoms with E-state index in [1.54, 1.807) is 0 Å². The van der Waals surface area contributed by atoms with Crippen LogP contribution in [0.25, 0.3) is 0 Å². The molecule has 0 atom stereocenters. The lowest BCUT2D eigenvalue weighted by molar-refractivity contribution is -0.131. The second kappa shape index (κ2) is 8.23. The number of amides is 1. The summed E-state index contributed by atoms with van der Waals surface area (Å²) in [5.41, 5.74) is -0.253. The quantitative estimate of drug-likeness (QED) is 0.767. The van der Waals surface area contributed by atoms with Gasteiger partial charge in [0.2, 0.25) is 5.91 Å². The molecular weight excluding hydrogens is 266 g/mol. The van der Waals surface area contributed by atoms with Crippen molar-refractivity contribution in [3.05, 3.63) is 35.4 Å². The first-order valence-corrected chi connectivity index (χ1v) is 6.16. The van der Waals surface area contributed by atoms with Gasteiger partial charge in [-0.1, -0.05) is 6.07 Å². The van der Waals surface area contributed by atoms with Crippen LogP contribution in [0.4, 0.5) is 8.78 Å². The topological polar surface area (TPSA) is 53.3 Å². The molecule has 4 nitrogen and oxygen atoms in total. The smallest absolute Gasteiger partial charge is 0.227 e. The SMILES string of the molecule is COCCN(CCC#N)C(=O)Cc1c(F)cccc1F. The number of halogens is 2. The fraction of sp³-hybridized carbons (Fsp3) is 0.429. The number of carbonyl (C=O) groups excluding carboxylic acids is 1. The number of ether oxygens (including phenoxy) is 1. The Hall–Kier alpha value is -2.00. The molecule has 0 aliphatic rings. The number of carbonyl (C=O) groups is 1. The first-order valence-electron chi connectivity index (χ1n) is 6.16. The zero-order valence-corrected chi connectivity index (χ0v) is 11.2. The third-order valence-corrected chi connectivity index (χ3v) is 2.80. The first kappa shape index (κ1) is 16.1. The van der Waals surface area contributed by atoms with Crippen molar-refractivity contribution in [2.75, 3.05) is 26.8 Å². The number of methoxy groups -OCH3 is 1. The monoisotopic (exact) mass is 282 g/mol. The Bertz CT molecular complexity index is 480. The summed E-state index contributed by atoms with van der Waals surface area (Å²) in [5.74, 6) is -1.92. The Kier molecular flexibility index (Phi) is 6.60. The van der Waals surface area contributed by atoms with Crippen LogP contribution in [0.3, 0.4) is 0 Å². The molecule has 0 fully saturated rings. The van der Waals surface area contributed by atoms with Crippen molar-refractivity contribution >= 4 is 5.91 Å². The van der Waals surface area contributed by atoms with E-state index in [-0.39, 0.29) is 31.5 Å². The van der Waals surface area contributed by atoms with Gasteiger partial charge in [-0.05, 0) is 12.1 Å². The maximum absolute atomic E-state index is 13.5. The van der Waals surface area contributed by atoms with Crippen LogP contribution in [0.15, 0.2) is 18.2 Å². The van der Waals surface area contributed by atoms with E-state index >= 15 is 0 Å². The van der Waals surface area contributed by atoms with Gasteiger partial charge < -0.3 is 9.64 Å². The van der Waals surface area contributed by atoms with Gasteiger partial charge >= 0.3 is 0 Å². The number of hydrogen-bond acceptors (Lipinski definition) is 3. The van der Waals surface area contributed by atoms with Crippen LogP contribution in [0.5, 0.6) is 0 Å². The summed E-state index contributed by atoms with van der Waals surface area (Å²) < 4.78 is 31.9. The van der Waals surface area contributed by atoms with E-state index in [4.69, 9.17) is 10.00 Å². The molecular formula is C14H16F2N2O2. The van der Waals surface area contributed by atoms with Gasteiger partial charge in [-0.25, -0.2) is 8.78 Å². The van der Waals surface area contributed by atoms with Gasteiger partial charge in [-0.15, -0.1) is 0 Å². The molecule has 1 aromatic rings. The van der Waals surface area contributed by atoms with Crippen LogP contribution in [-0.4, -0.2) is 37.6 Å². The summed E-state index contributed by atoms with van der Waals surface area (Å²) in [6.07, 6.45) is -0.205. The molecule has 108 valence electrons. The fourth-order valence-electron chi connectivity index (χ4n) is 1.71. The van der Waals surface area contributed by atoms with E-state index in [1.807, 2.05) is 6.07 Å². The van der Waals surface area contributed by atoms with Gasteiger partial charge in [0.1, 0.15) is 11.6 Å². The Morgan fingerprint density at radius 3 is 2.55 bits per heavy atom. The van der Waals surface area contributed by atoms with E-state index in [0.29, 0.717) is 6.61 Å². The van der Waals surface area contributed by atoms with Crippen LogP contribution >= 0.6 is 0 Å². The van der Waals surface area contributed by atoms with Crippen LogP contribution in [-0.2, 0) is 16.0 Å². The highest BCUT2D eigenvalue weighted by Gasteiger charge is 2.18. The normalized spacial score (nSPS) is 10.1. The molecule has 1 rings (SSSR count). The number of hydrogen-bond donors (Lipinski definition) is 0. The fourth-order valence-corrected chi connectivity index (χ4v) is 1.71. The van der Waals surface area contributed by atoms with Crippen molar-refractivity contribution in [3.63, 3.8) is 0 Å². The van der Waals surface area contributed by atoms with Crippen molar-refractivity contribution in [2.24, 2.45) is 0 Å². The minimum Gasteiger partial charge on any atom is -0.383 e. The molecule has 0 unspecified atom stereocenters. The minimum atomic E-state index is -0.745. The molecule has 0 saturated heterocycles. The zero-order valence-electron chi connectivity index (χ0n) is 11.2. The molecule has 0 aromatic heterocycles. The Morgan fingerprint density at radius 1 is 1.35 bits per heavy atom. The summed E-state index contributed by atoms with van der Waals surface area (Å²) in [4.78, 5) is 13.4. The second-order valence-corrected chi connectivity index (χ2v) is 4.16. The molecule has 0 radical (unpaired) electrons. The summed E-state index contributed by atoms with van der Waals surface area (Å²) in [7, 11) is 1.49. The van der Waals surface area contributed by atoms with E-state index in [9.17, 15) is 13.6 Å². The summed E-state index contributed by atoms with van der Waals surface area (Å²) in [6.45, 7) is 0.804. The molecule has 6 heteroatoms. The molecule has 0 heterocycles. The maximum atomic E-state index is 13.5. The first-order chi connectivity index (χ1) is 9.60. The van der Waals surface area contributed by atoms with Gasteiger partial charge in [-0.3, -0.25) is 4.79 Å². The molecule has 20 heavy (non-hydrogen) atoms. The van der Waals surface area contributed by atoms with Crippen molar-refractivity contribution < 1.29 is 18.3 Å². The summed E-state index contributed by atoms with van der Waals surface area (Å²) in [5, 5.41) is 8.56. The Labute approximate surface area is 116 Å². The third kappa shape index (κ3) is 4.59. The molecule has 0 saturated carbocycles. The van der Waals surface area contributed by atoms with Gasteiger partial charge in [0.25, 0.3) is 0 Å². The highest BCUT2D eigenvalue weighted by Crippen LogP contribution is 2.14. The second-order valence-electron chi connectivity index (χ2n) is 4.16. The lowest BCUT2D eigenvalue weighted by atomic mass is 10.1. The van der Waals surface area contributed by atoms with E-state index in [2.05, 4.69) is 0 Å². The third-order valence-electron chi connectivity index (χ3n) is 2.80. The predicted molar refractivity (Wildman–Crippen MR) is 68.7 cm³/mol. The van der Waals surface area contributed by atoms with Gasteiger partial charge in [-0.2, -0.15) is 5.26 Å². The Morgan fingerprint density at radius 2 is 2.00 bits per heavy atom. The van der Waals surface area contributed by atoms with Crippen LogP contribution < -0.4 is 0 Å². The van der Waals surface area contributed by atoms with E-state index in [1.165, 1.54) is 18.1 Å². The van der Waals surface area contributed by atoms with Gasteiger partial charge in [0.15, 0.2) is 0 Å². The number of rotatable bonds is 7. The zero-order chi connectivity index (χ0) is 15.0. The number of nitriles is 1. The molecule has 0 spiro atoms. The predicted octanol–water partition coefficient (Wildman–Crippen LogP) is 1.90. The lowest BCUT2D eigenvalue weighted by Gasteiger charge is -2.21. The number of nitrogens with zero attached hydrogens (tertiary/aromatic N) is 2. The molecule has 0 aliphatic carbocycles. The lowest BCUT2D eigenvalue weighted by Crippen LogP contribution is -2.36. The van der Waals surface area contributed by atoms with Crippen LogP contribution in [0.1, 0.15) is 12.0 Å². The molecule has 1 aromatic carbocycles. The minimum absolute atomic E-state index is 0.162. The maximum Gasteiger partial charge on any atom is 0.227 e. The standard InChI is InChI=1S/C14H16F2N2O2/c1-20-9-8-18(7-3-6-17)14(19)10-11-12(15)4-2-5-13(11)16/h2,4-5H,3,7-10H2,1H3. The van der Waals surface area contributed by atoms with Gasteiger partial charge in [0.05, 0.1) is 25.5 Å². The highest BCUT2D eigenvalue weighted by molar-refractivity contribution is 5.78. The van der Waals surface area contributed by atoms with Crippen molar-refractivity contribution in [2.45, 2.75) is 12.8 Å². The van der Waals surface area contributed by atoms with Crippen molar-refractivity contribution in [3.8, 4) is 6.07 Å².